The third kappa shape index (κ3) is 55.8. The fraction of sp³-hybridized carbons (Fsp3) is 0.921. The van der Waals surface area contributed by atoms with Crippen LogP contribution in [0.3, 0.4) is 0 Å². The van der Waals surface area contributed by atoms with Gasteiger partial charge >= 0.3 is 11.9 Å². The Kier molecular flexibility index (Phi) is 53.8. The third-order valence-electron chi connectivity index (χ3n) is 14.3. The molecule has 9 nitrogen and oxygen atoms in total. The van der Waals surface area contributed by atoms with E-state index in [1.165, 1.54) is 238 Å². The molecule has 0 aromatic heterocycles. The van der Waals surface area contributed by atoms with Gasteiger partial charge in [0.15, 0.2) is 12.4 Å². The average Bonchev–Trinajstić information content (AvgIpc) is 3.35. The van der Waals surface area contributed by atoms with Gasteiger partial charge in [-0.25, -0.2) is 0 Å². The molecule has 72 heavy (non-hydrogen) atoms. The van der Waals surface area contributed by atoms with Crippen molar-refractivity contribution in [2.24, 2.45) is 0 Å². The molecule has 0 aliphatic rings. The van der Waals surface area contributed by atoms with Gasteiger partial charge in [0.2, 0.25) is 0 Å². The Hall–Kier alpha value is -1.97. The number of quaternary nitrogens is 1. The number of carbonyl (C=O) groups is 3. The quantitative estimate of drug-likeness (QED) is 0.0195. The summed E-state index contributed by atoms with van der Waals surface area (Å²) >= 11 is 0. The first-order chi connectivity index (χ1) is 35.1. The van der Waals surface area contributed by atoms with Crippen LogP contribution in [-0.2, 0) is 33.3 Å². The average molecular weight is 1020 g/mol. The Morgan fingerprint density at radius 1 is 0.403 bits per heavy atom. The van der Waals surface area contributed by atoms with E-state index in [9.17, 15) is 19.5 Å². The molecule has 0 aliphatic carbocycles. The normalized spacial score (nSPS) is 12.7. The number of nitrogens with zero attached hydrogens (tertiary/aromatic N) is 1. The number of hydrogen-bond acceptors (Lipinski definition) is 8. The maximum absolute atomic E-state index is 12.9. The molecule has 2 unspecified atom stereocenters. The summed E-state index contributed by atoms with van der Waals surface area (Å²) in [5, 5.41) is 11.8. The monoisotopic (exact) mass is 1020 g/mol. The van der Waals surface area contributed by atoms with Gasteiger partial charge in [-0.15, -0.1) is 0 Å². The molecule has 0 spiro atoms. The van der Waals surface area contributed by atoms with E-state index in [2.05, 4.69) is 26.0 Å². The Morgan fingerprint density at radius 3 is 1.03 bits per heavy atom. The minimum atomic E-state index is -1.62. The zero-order valence-electron chi connectivity index (χ0n) is 48.6. The number of ether oxygens (including phenoxy) is 4. The lowest BCUT2D eigenvalue weighted by Gasteiger charge is -2.26. The molecule has 0 saturated heterocycles. The highest BCUT2D eigenvalue weighted by molar-refractivity contribution is 5.70. The second-order valence-electron chi connectivity index (χ2n) is 22.7. The van der Waals surface area contributed by atoms with Gasteiger partial charge in [0.05, 0.1) is 40.3 Å². The molecular weight excluding hydrogens is 899 g/mol. The molecule has 0 N–H and O–H groups in total. The highest BCUT2D eigenvalue weighted by atomic mass is 16.7. The molecular formula is C63H121NO8. The number of rotatable bonds is 59. The first kappa shape index (κ1) is 70.0. The van der Waals surface area contributed by atoms with Crippen LogP contribution in [0, 0.1) is 0 Å². The lowest BCUT2D eigenvalue weighted by molar-refractivity contribution is -0.870. The molecule has 0 heterocycles. The molecule has 9 heteroatoms. The first-order valence-corrected chi connectivity index (χ1v) is 31.3. The third-order valence-corrected chi connectivity index (χ3v) is 14.3. The van der Waals surface area contributed by atoms with Crippen molar-refractivity contribution in [3.63, 3.8) is 0 Å². The zero-order valence-corrected chi connectivity index (χ0v) is 48.6. The maximum atomic E-state index is 12.9. The summed E-state index contributed by atoms with van der Waals surface area (Å²) in [6.45, 7) is 4.80. The summed E-state index contributed by atoms with van der Waals surface area (Å²) in [5.41, 5.74) is 0. The number of aliphatic carboxylic acids is 1. The van der Waals surface area contributed by atoms with Crippen LogP contribution in [0.25, 0.3) is 0 Å². The van der Waals surface area contributed by atoms with Gasteiger partial charge in [-0.3, -0.25) is 9.59 Å². The van der Waals surface area contributed by atoms with Crippen LogP contribution < -0.4 is 5.11 Å². The summed E-state index contributed by atoms with van der Waals surface area (Å²) in [4.78, 5) is 37.3. The smallest absolute Gasteiger partial charge is 0.306 e. The lowest BCUT2D eigenvalue weighted by atomic mass is 10.0. The second kappa shape index (κ2) is 55.3. The van der Waals surface area contributed by atoms with E-state index in [0.717, 1.165) is 44.9 Å². The highest BCUT2D eigenvalue weighted by Crippen LogP contribution is 2.18. The summed E-state index contributed by atoms with van der Waals surface area (Å²) in [6, 6.07) is 0. The molecule has 0 fully saturated rings. The topological polar surface area (TPSA) is 111 Å². The number of allylic oxidation sites excluding steroid dienone is 2. The zero-order chi connectivity index (χ0) is 52.7. The van der Waals surface area contributed by atoms with Crippen molar-refractivity contribution in [1.82, 2.24) is 0 Å². The van der Waals surface area contributed by atoms with Crippen LogP contribution in [-0.4, -0.2) is 82.3 Å². The SMILES string of the molecule is CCCCCCCCC/C=C\CCCCCCCCCC(=O)OC(COC(=O)CCCCCCCCCCCCCCCCCCCCCCCCCCCCCCC)COC(OCC[N+](C)(C)C)C(=O)[O-]. The highest BCUT2D eigenvalue weighted by Gasteiger charge is 2.22. The number of likely N-dealkylation sites (N-methyl/N-ethyl adjacent to an activating group) is 1. The van der Waals surface area contributed by atoms with Crippen LogP contribution in [0.15, 0.2) is 12.2 Å². The molecule has 0 aliphatic heterocycles. The lowest BCUT2D eigenvalue weighted by Crippen LogP contribution is -2.44. The molecule has 0 bridgehead atoms. The standard InChI is InChI=1S/C63H121NO8/c1-6-8-10-12-14-16-18-20-22-24-26-27-28-29-30-31-32-33-34-35-36-38-39-41-43-45-47-49-51-53-60(65)70-57-59(58-71-63(62(67)68)69-56-55-64(3,4)5)72-61(66)54-52-50-48-46-44-42-40-37-25-23-21-19-17-15-13-11-9-7-2/h23,25,59,63H,6-22,24,26-58H2,1-5H3/b25-23-. The van der Waals surface area contributed by atoms with E-state index in [1.54, 1.807) is 0 Å². The van der Waals surface area contributed by atoms with Gasteiger partial charge < -0.3 is 33.3 Å². The summed E-state index contributed by atoms with van der Waals surface area (Å²) in [7, 11) is 5.93. The molecule has 0 saturated carbocycles. The number of esters is 2. The Labute approximate surface area is 446 Å². The minimum absolute atomic E-state index is 0.150. The van der Waals surface area contributed by atoms with Crippen molar-refractivity contribution < 1.29 is 42.9 Å². The number of hydrogen-bond donors (Lipinski definition) is 0. The predicted molar refractivity (Wildman–Crippen MR) is 302 cm³/mol. The molecule has 426 valence electrons. The fourth-order valence-electron chi connectivity index (χ4n) is 9.42. The minimum Gasteiger partial charge on any atom is -0.545 e. The van der Waals surface area contributed by atoms with Crippen LogP contribution in [0.2, 0.25) is 0 Å². The van der Waals surface area contributed by atoms with E-state index < -0.39 is 24.3 Å². The van der Waals surface area contributed by atoms with Crippen molar-refractivity contribution in [2.75, 3.05) is 47.5 Å². The van der Waals surface area contributed by atoms with E-state index in [1.807, 2.05) is 21.1 Å². The van der Waals surface area contributed by atoms with Crippen molar-refractivity contribution >= 4 is 17.9 Å². The number of carbonyl (C=O) groups excluding carboxylic acids is 3. The van der Waals surface area contributed by atoms with Gasteiger partial charge in [-0.2, -0.15) is 0 Å². The molecule has 0 rings (SSSR count). The molecule has 0 radical (unpaired) electrons. The Morgan fingerprint density at radius 2 is 0.708 bits per heavy atom. The van der Waals surface area contributed by atoms with Gasteiger partial charge in [-0.1, -0.05) is 276 Å². The van der Waals surface area contributed by atoms with Gasteiger partial charge in [-0.05, 0) is 38.5 Å². The molecule has 2 atom stereocenters. The maximum Gasteiger partial charge on any atom is 0.306 e. The van der Waals surface area contributed by atoms with Crippen molar-refractivity contribution in [2.45, 2.75) is 328 Å². The van der Waals surface area contributed by atoms with E-state index in [4.69, 9.17) is 18.9 Å². The van der Waals surface area contributed by atoms with Crippen LogP contribution in [0.1, 0.15) is 316 Å². The van der Waals surface area contributed by atoms with E-state index >= 15 is 0 Å². The van der Waals surface area contributed by atoms with Crippen LogP contribution in [0.5, 0.6) is 0 Å². The fourth-order valence-corrected chi connectivity index (χ4v) is 9.42. The summed E-state index contributed by atoms with van der Waals surface area (Å²) in [6.07, 6.45) is 61.4. The predicted octanol–water partition coefficient (Wildman–Crippen LogP) is 17.2. The Balaban J connectivity index is 4.09. The first-order valence-electron chi connectivity index (χ1n) is 31.3. The van der Waals surface area contributed by atoms with Gasteiger partial charge in [0, 0.05) is 12.8 Å². The summed E-state index contributed by atoms with van der Waals surface area (Å²) < 4.78 is 22.7. The Bertz CT molecular complexity index is 1190. The van der Waals surface area contributed by atoms with Gasteiger partial charge in [0.25, 0.3) is 0 Å². The van der Waals surface area contributed by atoms with E-state index in [-0.39, 0.29) is 32.2 Å². The van der Waals surface area contributed by atoms with Crippen molar-refractivity contribution in [3.8, 4) is 0 Å². The van der Waals surface area contributed by atoms with Gasteiger partial charge in [0.1, 0.15) is 13.2 Å². The van der Waals surface area contributed by atoms with E-state index in [0.29, 0.717) is 23.9 Å². The van der Waals surface area contributed by atoms with Crippen molar-refractivity contribution in [1.29, 1.82) is 0 Å². The van der Waals surface area contributed by atoms with Crippen LogP contribution >= 0.6 is 0 Å². The molecule has 0 aromatic rings. The largest absolute Gasteiger partial charge is 0.545 e. The number of carboxylic acids is 1. The second-order valence-corrected chi connectivity index (χ2v) is 22.7. The molecule has 0 aromatic carbocycles. The number of carboxylic acid groups (broad SMARTS) is 1. The van der Waals surface area contributed by atoms with Crippen LogP contribution in [0.4, 0.5) is 0 Å². The summed E-state index contributed by atoms with van der Waals surface area (Å²) in [5.74, 6) is -2.26. The van der Waals surface area contributed by atoms with Crippen molar-refractivity contribution in [3.05, 3.63) is 12.2 Å². The molecule has 0 amide bonds. The number of unbranched alkanes of at least 4 members (excludes halogenated alkanes) is 42.